The zero-order chi connectivity index (χ0) is 25.6. The first-order chi connectivity index (χ1) is 16.5. The molecule has 2 aliphatic rings. The van der Waals surface area contributed by atoms with E-state index >= 15 is 0 Å². The number of carbonyl (C=O) groups excluding carboxylic acids is 2. The summed E-state index contributed by atoms with van der Waals surface area (Å²) in [5, 5.41) is 1.80. The third kappa shape index (κ3) is 4.66. The van der Waals surface area contributed by atoms with Crippen LogP contribution in [0.3, 0.4) is 0 Å². The Morgan fingerprint density at radius 2 is 1.97 bits per heavy atom. The summed E-state index contributed by atoms with van der Waals surface area (Å²) >= 11 is 5.61. The van der Waals surface area contributed by atoms with Gasteiger partial charge in [0.15, 0.2) is 11.4 Å². The second-order valence-corrected chi connectivity index (χ2v) is 9.83. The van der Waals surface area contributed by atoms with Gasteiger partial charge in [-0.25, -0.2) is 13.6 Å². The quantitative estimate of drug-likeness (QED) is 0.439. The van der Waals surface area contributed by atoms with Crippen LogP contribution in [0.25, 0.3) is 0 Å². The van der Waals surface area contributed by atoms with E-state index in [9.17, 15) is 23.2 Å². The third-order valence-corrected chi connectivity index (χ3v) is 7.24. The lowest BCUT2D eigenvalue weighted by atomic mass is 9.99. The van der Waals surface area contributed by atoms with Gasteiger partial charge in [-0.2, -0.15) is 0 Å². The van der Waals surface area contributed by atoms with E-state index in [4.69, 9.17) is 21.1 Å². The van der Waals surface area contributed by atoms with Crippen LogP contribution in [0.1, 0.15) is 66.1 Å². The van der Waals surface area contributed by atoms with E-state index in [1.54, 1.807) is 18.4 Å². The van der Waals surface area contributed by atoms with Gasteiger partial charge in [-0.15, -0.1) is 0 Å². The highest BCUT2D eigenvalue weighted by Gasteiger charge is 2.52. The van der Waals surface area contributed by atoms with Crippen LogP contribution in [0.5, 0.6) is 5.75 Å². The number of nitrogens with zero attached hydrogens (tertiary/aromatic N) is 1. The molecule has 0 spiro atoms. The number of amides is 1. The molecule has 2 saturated carbocycles. The number of fused-ring (bicyclic) bond motifs is 1. The van der Waals surface area contributed by atoms with Crippen molar-refractivity contribution in [3.8, 4) is 5.75 Å². The van der Waals surface area contributed by atoms with Crippen LogP contribution in [0.15, 0.2) is 23.1 Å². The molecule has 0 bridgehead atoms. The fourth-order valence-corrected chi connectivity index (χ4v) is 5.21. The summed E-state index contributed by atoms with van der Waals surface area (Å²) in [4.78, 5) is 39.2. The number of pyridine rings is 1. The van der Waals surface area contributed by atoms with Gasteiger partial charge in [-0.1, -0.05) is 24.6 Å². The Morgan fingerprint density at radius 1 is 1.26 bits per heavy atom. The van der Waals surface area contributed by atoms with E-state index in [-0.39, 0.29) is 41.1 Å². The number of hydrogen-bond acceptors (Lipinski definition) is 5. The maximum atomic E-state index is 14.3. The molecule has 0 radical (unpaired) electrons. The summed E-state index contributed by atoms with van der Waals surface area (Å²) in [6.07, 6.45) is 2.86. The molecule has 1 N–H and O–H groups in total. The number of aromatic nitrogens is 1. The van der Waals surface area contributed by atoms with Crippen molar-refractivity contribution in [2.45, 2.75) is 52.3 Å². The average Bonchev–Trinajstić information content (AvgIpc) is 3.51. The molecule has 7 nitrogen and oxygen atoms in total. The average molecular weight is 509 g/mol. The highest BCUT2D eigenvalue weighted by molar-refractivity contribution is 6.30. The monoisotopic (exact) mass is 508 g/mol. The third-order valence-electron chi connectivity index (χ3n) is 6.89. The van der Waals surface area contributed by atoms with Crippen LogP contribution < -0.4 is 15.5 Å². The molecule has 188 valence electrons. The lowest BCUT2D eigenvalue weighted by Crippen LogP contribution is -2.34. The highest BCUT2D eigenvalue weighted by Crippen LogP contribution is 2.59. The largest absolute Gasteiger partial charge is 0.491 e. The number of hydrogen-bond donors (Lipinski definition) is 1. The van der Waals surface area contributed by atoms with Gasteiger partial charge in [-0.05, 0) is 50.5 Å². The van der Waals surface area contributed by atoms with Crippen molar-refractivity contribution in [1.82, 2.24) is 9.88 Å². The lowest BCUT2D eigenvalue weighted by Gasteiger charge is -2.27. The molecule has 35 heavy (non-hydrogen) atoms. The van der Waals surface area contributed by atoms with Crippen LogP contribution in [-0.2, 0) is 11.3 Å². The minimum Gasteiger partial charge on any atom is -0.491 e. The van der Waals surface area contributed by atoms with Crippen LogP contribution in [-0.4, -0.2) is 29.7 Å². The van der Waals surface area contributed by atoms with E-state index < -0.39 is 40.1 Å². The predicted molar refractivity (Wildman–Crippen MR) is 125 cm³/mol. The first-order valence-electron chi connectivity index (χ1n) is 11.5. The van der Waals surface area contributed by atoms with Gasteiger partial charge in [0.05, 0.1) is 13.2 Å². The van der Waals surface area contributed by atoms with E-state index in [1.165, 1.54) is 13.3 Å². The maximum absolute atomic E-state index is 14.3. The van der Waals surface area contributed by atoms with Crippen LogP contribution in [0, 0.1) is 29.4 Å². The van der Waals surface area contributed by atoms with Crippen LogP contribution in [0.4, 0.5) is 8.78 Å². The number of benzene rings is 1. The SMILES string of the molecule is COc1c(C(=O)OC(C)C)n([C@H]2C[C@@H]3C[C@@H]3[C@@H]2C)cc(C(=O)NCc2ccc(F)c(Cl)c2F)c1=O. The predicted octanol–water partition coefficient (Wildman–Crippen LogP) is 4.50. The Hall–Kier alpha value is -2.94. The standard InChI is InChI=1S/C25H27ClF2N2O5/c1-11(2)35-25(33)21-23(34-4)22(31)16(10-30(21)18-8-14-7-15(14)12(18)3)24(32)29-9-13-5-6-17(27)19(26)20(13)28/h5-6,10-12,14-15,18H,7-9H2,1-4H3,(H,29,32)/t12-,14-,15+,18-/m0/s1. The van der Waals surface area contributed by atoms with E-state index in [1.807, 2.05) is 0 Å². The smallest absolute Gasteiger partial charge is 0.359 e. The topological polar surface area (TPSA) is 86.6 Å². The minimum absolute atomic E-state index is 0.0303. The maximum Gasteiger partial charge on any atom is 0.359 e. The first-order valence-corrected chi connectivity index (χ1v) is 11.9. The van der Waals surface area contributed by atoms with Crippen molar-refractivity contribution in [1.29, 1.82) is 0 Å². The van der Waals surface area contributed by atoms with Gasteiger partial charge in [0.25, 0.3) is 5.91 Å². The second-order valence-electron chi connectivity index (χ2n) is 9.45. The molecule has 4 atom stereocenters. The molecule has 0 aliphatic heterocycles. The molecular weight excluding hydrogens is 482 g/mol. The Kier molecular flexibility index (Phi) is 6.90. The summed E-state index contributed by atoms with van der Waals surface area (Å²) in [5.41, 5.74) is -1.12. The Morgan fingerprint density at radius 3 is 2.57 bits per heavy atom. The Bertz CT molecular complexity index is 1250. The summed E-state index contributed by atoms with van der Waals surface area (Å²) < 4.78 is 40.0. The van der Waals surface area contributed by atoms with Crippen molar-refractivity contribution >= 4 is 23.5 Å². The van der Waals surface area contributed by atoms with Crippen molar-refractivity contribution in [2.75, 3.05) is 7.11 Å². The molecule has 4 rings (SSSR count). The Labute approximate surface area is 206 Å². The van der Waals surface area contributed by atoms with Crippen molar-refractivity contribution in [3.05, 3.63) is 62.0 Å². The van der Waals surface area contributed by atoms with Crippen LogP contribution in [0.2, 0.25) is 5.02 Å². The summed E-state index contributed by atoms with van der Waals surface area (Å²) in [5.74, 6) is -2.40. The van der Waals surface area contributed by atoms with E-state index in [0.717, 1.165) is 25.0 Å². The van der Waals surface area contributed by atoms with Crippen LogP contribution >= 0.6 is 11.6 Å². The molecule has 2 fully saturated rings. The number of methoxy groups -OCH3 is 1. The molecule has 1 aromatic carbocycles. The van der Waals surface area contributed by atoms with Gasteiger partial charge in [-0.3, -0.25) is 9.59 Å². The molecular formula is C25H27ClF2N2O5. The molecule has 2 aromatic rings. The van der Waals surface area contributed by atoms with Gasteiger partial charge >= 0.3 is 5.97 Å². The van der Waals surface area contributed by atoms with E-state index in [2.05, 4.69) is 12.2 Å². The fourth-order valence-electron chi connectivity index (χ4n) is 5.03. The van der Waals surface area contributed by atoms with Crippen molar-refractivity contribution in [3.63, 3.8) is 0 Å². The van der Waals surface area contributed by atoms with Gasteiger partial charge < -0.3 is 19.4 Å². The summed E-state index contributed by atoms with van der Waals surface area (Å²) in [7, 11) is 1.25. The number of rotatable bonds is 7. The van der Waals surface area contributed by atoms with Gasteiger partial charge in [0.1, 0.15) is 22.2 Å². The minimum atomic E-state index is -0.993. The molecule has 10 heteroatoms. The van der Waals surface area contributed by atoms with Crippen molar-refractivity contribution < 1.29 is 27.8 Å². The fraction of sp³-hybridized carbons (Fsp3) is 0.480. The number of nitrogens with one attached hydrogen (secondary N) is 1. The van der Waals surface area contributed by atoms with Gasteiger partial charge in [0, 0.05) is 24.3 Å². The molecule has 1 aromatic heterocycles. The highest BCUT2D eigenvalue weighted by atomic mass is 35.5. The summed E-state index contributed by atoms with van der Waals surface area (Å²) in [6, 6.07) is 2.03. The summed E-state index contributed by atoms with van der Waals surface area (Å²) in [6.45, 7) is 5.16. The van der Waals surface area contributed by atoms with Gasteiger partial charge in [0.2, 0.25) is 5.43 Å². The van der Waals surface area contributed by atoms with E-state index in [0.29, 0.717) is 11.8 Å². The number of esters is 1. The zero-order valence-electron chi connectivity index (χ0n) is 19.9. The Balaban J connectivity index is 1.72. The normalized spacial score (nSPS) is 22.6. The molecule has 0 unspecified atom stereocenters. The molecule has 2 aliphatic carbocycles. The first kappa shape index (κ1) is 25.2. The number of ether oxygens (including phenoxy) is 2. The molecule has 1 amide bonds. The second kappa shape index (κ2) is 9.60. The molecule has 1 heterocycles. The zero-order valence-corrected chi connectivity index (χ0v) is 20.6. The number of halogens is 3. The van der Waals surface area contributed by atoms with Crippen molar-refractivity contribution in [2.24, 2.45) is 17.8 Å². The number of carbonyl (C=O) groups is 2. The molecule has 0 saturated heterocycles. The lowest BCUT2D eigenvalue weighted by molar-refractivity contribution is 0.0354.